The highest BCUT2D eigenvalue weighted by Crippen LogP contribution is 2.08. The van der Waals surface area contributed by atoms with Crippen molar-refractivity contribution in [2.45, 2.75) is 32.3 Å². The average Bonchev–Trinajstić information content (AvgIpc) is 2.26. The maximum Gasteiger partial charge on any atom is 0.508 e. The molecule has 0 atom stereocenters. The van der Waals surface area contributed by atoms with Gasteiger partial charge in [-0.05, 0) is 11.6 Å². The molecule has 0 fully saturated rings. The highest BCUT2D eigenvalue weighted by atomic mass is 28.3. The molecule has 94 valence electrons. The van der Waals surface area contributed by atoms with Crippen molar-refractivity contribution in [3.63, 3.8) is 0 Å². The molecule has 0 aromatic heterocycles. The van der Waals surface area contributed by atoms with Crippen LogP contribution in [0.1, 0.15) is 5.56 Å². The first kappa shape index (κ1) is 13.8. The average molecular weight is 252 g/mol. The van der Waals surface area contributed by atoms with Crippen LogP contribution in [0.4, 0.5) is 4.79 Å². The first-order valence-electron chi connectivity index (χ1n) is 5.81. The first-order valence-corrected chi connectivity index (χ1v) is 9.51. The van der Waals surface area contributed by atoms with Crippen molar-refractivity contribution in [2.75, 3.05) is 6.61 Å². The van der Waals surface area contributed by atoms with E-state index in [1.807, 2.05) is 30.3 Å². The van der Waals surface area contributed by atoms with Crippen molar-refractivity contribution in [1.82, 2.24) is 0 Å². The van der Waals surface area contributed by atoms with E-state index in [0.29, 0.717) is 6.61 Å². The Balaban J connectivity index is 2.18. The van der Waals surface area contributed by atoms with E-state index < -0.39 is 14.2 Å². The number of hydrogen-bond donors (Lipinski definition) is 0. The van der Waals surface area contributed by atoms with Gasteiger partial charge in [0, 0.05) is 8.07 Å². The predicted molar refractivity (Wildman–Crippen MR) is 70.7 cm³/mol. The Kier molecular flexibility index (Phi) is 5.22. The second-order valence-electron chi connectivity index (χ2n) is 5.18. The van der Waals surface area contributed by atoms with E-state index in [9.17, 15) is 4.79 Å². The van der Waals surface area contributed by atoms with Gasteiger partial charge >= 0.3 is 6.16 Å². The third kappa shape index (κ3) is 6.79. The lowest BCUT2D eigenvalue weighted by Gasteiger charge is -2.15. The molecule has 0 spiro atoms. The van der Waals surface area contributed by atoms with Gasteiger partial charge in [-0.15, -0.1) is 0 Å². The van der Waals surface area contributed by atoms with Crippen LogP contribution in [0, 0.1) is 0 Å². The van der Waals surface area contributed by atoms with Crippen LogP contribution in [0.3, 0.4) is 0 Å². The SMILES string of the molecule is C[Si](C)(C)CCOC(=O)OCc1ccccc1. The van der Waals surface area contributed by atoms with Gasteiger partial charge in [-0.3, -0.25) is 0 Å². The normalized spacial score (nSPS) is 11.0. The maximum atomic E-state index is 11.3. The number of carbonyl (C=O) groups excluding carboxylic acids is 1. The quantitative estimate of drug-likeness (QED) is 0.592. The molecule has 0 N–H and O–H groups in total. The van der Waals surface area contributed by atoms with Crippen molar-refractivity contribution in [3.8, 4) is 0 Å². The molecule has 3 nitrogen and oxygen atoms in total. The number of carbonyl (C=O) groups is 1. The fourth-order valence-electron chi connectivity index (χ4n) is 1.20. The van der Waals surface area contributed by atoms with E-state index in [0.717, 1.165) is 11.6 Å². The summed E-state index contributed by atoms with van der Waals surface area (Å²) >= 11 is 0. The second-order valence-corrected chi connectivity index (χ2v) is 10.8. The third-order valence-electron chi connectivity index (χ3n) is 2.27. The van der Waals surface area contributed by atoms with Gasteiger partial charge in [0.25, 0.3) is 0 Å². The summed E-state index contributed by atoms with van der Waals surface area (Å²) in [4.78, 5) is 11.3. The second kappa shape index (κ2) is 6.44. The summed E-state index contributed by atoms with van der Waals surface area (Å²) in [6.07, 6.45) is -0.577. The summed E-state index contributed by atoms with van der Waals surface area (Å²) in [5.41, 5.74) is 0.967. The molecule has 0 saturated carbocycles. The predicted octanol–water partition coefficient (Wildman–Crippen LogP) is 3.68. The largest absolute Gasteiger partial charge is 0.508 e. The standard InChI is InChI=1S/C13H20O3Si/c1-17(2,3)10-9-15-13(14)16-11-12-7-5-4-6-8-12/h4-8H,9-11H2,1-3H3. The molecule has 17 heavy (non-hydrogen) atoms. The van der Waals surface area contributed by atoms with Crippen LogP contribution in [-0.2, 0) is 16.1 Å². The van der Waals surface area contributed by atoms with Gasteiger partial charge in [0.1, 0.15) is 6.61 Å². The van der Waals surface area contributed by atoms with Gasteiger partial charge in [-0.25, -0.2) is 4.79 Å². The lowest BCUT2D eigenvalue weighted by Crippen LogP contribution is -2.22. The molecule has 0 radical (unpaired) electrons. The van der Waals surface area contributed by atoms with Crippen molar-refractivity contribution >= 4 is 14.2 Å². The fourth-order valence-corrected chi connectivity index (χ4v) is 1.91. The van der Waals surface area contributed by atoms with Gasteiger partial charge in [-0.2, -0.15) is 0 Å². The van der Waals surface area contributed by atoms with Crippen LogP contribution >= 0.6 is 0 Å². The van der Waals surface area contributed by atoms with Crippen molar-refractivity contribution in [3.05, 3.63) is 35.9 Å². The lowest BCUT2D eigenvalue weighted by atomic mass is 10.2. The highest BCUT2D eigenvalue weighted by Gasteiger charge is 2.14. The first-order chi connectivity index (χ1) is 7.97. The van der Waals surface area contributed by atoms with Gasteiger partial charge < -0.3 is 9.47 Å². The molecule has 0 unspecified atom stereocenters. The van der Waals surface area contributed by atoms with Crippen LogP contribution in [0.15, 0.2) is 30.3 Å². The van der Waals surface area contributed by atoms with E-state index in [4.69, 9.17) is 9.47 Å². The minimum Gasteiger partial charge on any atom is -0.435 e. The number of benzene rings is 1. The zero-order valence-corrected chi connectivity index (χ0v) is 11.7. The molecule has 1 rings (SSSR count). The van der Waals surface area contributed by atoms with E-state index in [-0.39, 0.29) is 6.61 Å². The summed E-state index contributed by atoms with van der Waals surface area (Å²) in [5, 5.41) is 0. The number of hydrogen-bond acceptors (Lipinski definition) is 3. The van der Waals surface area contributed by atoms with Gasteiger partial charge in [0.05, 0.1) is 6.61 Å². The van der Waals surface area contributed by atoms with Crippen molar-refractivity contribution < 1.29 is 14.3 Å². The smallest absolute Gasteiger partial charge is 0.435 e. The summed E-state index contributed by atoms with van der Waals surface area (Å²) in [6, 6.07) is 10.5. The highest BCUT2D eigenvalue weighted by molar-refractivity contribution is 6.76. The van der Waals surface area contributed by atoms with Crippen LogP contribution in [0.2, 0.25) is 25.7 Å². The molecule has 1 aromatic carbocycles. The zero-order chi connectivity index (χ0) is 12.7. The molecule has 0 aliphatic rings. The molecule has 0 heterocycles. The summed E-state index contributed by atoms with van der Waals surface area (Å²) in [7, 11) is -1.14. The Labute approximate surface area is 104 Å². The summed E-state index contributed by atoms with van der Waals surface area (Å²) in [5.74, 6) is 0. The number of rotatable bonds is 5. The van der Waals surface area contributed by atoms with Crippen LogP contribution < -0.4 is 0 Å². The Morgan fingerprint density at radius 1 is 1.12 bits per heavy atom. The summed E-state index contributed by atoms with van der Waals surface area (Å²) in [6.45, 7) is 7.46. The molecular weight excluding hydrogens is 232 g/mol. The fraction of sp³-hybridized carbons (Fsp3) is 0.462. The van der Waals surface area contributed by atoms with Crippen molar-refractivity contribution in [2.24, 2.45) is 0 Å². The Morgan fingerprint density at radius 3 is 2.35 bits per heavy atom. The Morgan fingerprint density at radius 2 is 1.76 bits per heavy atom. The van der Waals surface area contributed by atoms with Gasteiger partial charge in [0.2, 0.25) is 0 Å². The Bertz CT molecular complexity index is 343. The minimum atomic E-state index is -1.14. The molecule has 4 heteroatoms. The van der Waals surface area contributed by atoms with Crippen LogP contribution in [0.5, 0.6) is 0 Å². The molecule has 1 aromatic rings. The molecule has 0 aliphatic carbocycles. The van der Waals surface area contributed by atoms with E-state index in [1.54, 1.807) is 0 Å². The Hall–Kier alpha value is -1.29. The number of ether oxygens (including phenoxy) is 2. The van der Waals surface area contributed by atoms with E-state index in [1.165, 1.54) is 0 Å². The van der Waals surface area contributed by atoms with E-state index >= 15 is 0 Å². The monoisotopic (exact) mass is 252 g/mol. The zero-order valence-electron chi connectivity index (χ0n) is 10.7. The van der Waals surface area contributed by atoms with Gasteiger partial charge in [0.15, 0.2) is 0 Å². The topological polar surface area (TPSA) is 35.5 Å². The van der Waals surface area contributed by atoms with Crippen LogP contribution in [0.25, 0.3) is 0 Å². The minimum absolute atomic E-state index is 0.270. The third-order valence-corrected chi connectivity index (χ3v) is 3.98. The summed E-state index contributed by atoms with van der Waals surface area (Å²) < 4.78 is 10.0. The van der Waals surface area contributed by atoms with Crippen molar-refractivity contribution in [1.29, 1.82) is 0 Å². The molecular formula is C13H20O3Si. The molecule has 0 aliphatic heterocycles. The van der Waals surface area contributed by atoms with Crippen LogP contribution in [-0.4, -0.2) is 20.8 Å². The van der Waals surface area contributed by atoms with Gasteiger partial charge in [-0.1, -0.05) is 50.0 Å². The maximum absolute atomic E-state index is 11.3. The lowest BCUT2D eigenvalue weighted by molar-refractivity contribution is 0.0534. The molecule has 0 saturated heterocycles. The van der Waals surface area contributed by atoms with E-state index in [2.05, 4.69) is 19.6 Å². The molecule has 0 bridgehead atoms. The molecule has 0 amide bonds.